The second-order valence-electron chi connectivity index (χ2n) is 5.88. The lowest BCUT2D eigenvalue weighted by molar-refractivity contribution is 0.391. The minimum atomic E-state index is 0.524. The molecule has 0 fully saturated rings. The Morgan fingerprint density at radius 1 is 1.07 bits per heavy atom. The molecule has 0 bridgehead atoms. The smallest absolute Gasteiger partial charge is 0.237 e. The van der Waals surface area contributed by atoms with E-state index >= 15 is 0 Å². The molecule has 0 atom stereocenters. The number of thioether (sulfide) groups is 1. The number of furan rings is 1. The number of benzene rings is 1. The molecule has 0 unspecified atom stereocenters. The highest BCUT2D eigenvalue weighted by molar-refractivity contribution is 7.98. The van der Waals surface area contributed by atoms with E-state index in [0.29, 0.717) is 29.1 Å². The maximum absolute atomic E-state index is 5.43. The van der Waals surface area contributed by atoms with Gasteiger partial charge >= 0.3 is 0 Å². The van der Waals surface area contributed by atoms with Crippen molar-refractivity contribution in [3.05, 3.63) is 54.1 Å². The van der Waals surface area contributed by atoms with E-state index in [9.17, 15) is 0 Å². The molecule has 7 nitrogen and oxygen atoms in total. The largest absolute Gasteiger partial charge is 0.461 e. The van der Waals surface area contributed by atoms with Gasteiger partial charge in [-0.15, -0.1) is 10.2 Å². The molecular weight excluding hydrogens is 362 g/mol. The Labute approximate surface area is 160 Å². The molecule has 0 amide bonds. The number of hydrogen-bond donors (Lipinski definition) is 0. The first-order valence-electron chi connectivity index (χ1n) is 8.80. The second kappa shape index (κ2) is 7.79. The zero-order valence-corrected chi connectivity index (χ0v) is 15.9. The first-order valence-corrected chi connectivity index (χ1v) is 9.78. The van der Waals surface area contributed by atoms with E-state index in [1.807, 2.05) is 35.8 Å². The molecule has 4 rings (SSSR count). The van der Waals surface area contributed by atoms with Crippen LogP contribution in [0.15, 0.2) is 56.8 Å². The molecule has 0 aliphatic carbocycles. The highest BCUT2D eigenvalue weighted by atomic mass is 32.2. The van der Waals surface area contributed by atoms with E-state index in [0.717, 1.165) is 23.7 Å². The van der Waals surface area contributed by atoms with Gasteiger partial charge in [0.15, 0.2) is 16.7 Å². The molecule has 0 aliphatic rings. The monoisotopic (exact) mass is 381 g/mol. The van der Waals surface area contributed by atoms with Crippen molar-refractivity contribution in [1.82, 2.24) is 24.9 Å². The molecule has 3 heterocycles. The molecule has 138 valence electrons. The summed E-state index contributed by atoms with van der Waals surface area (Å²) in [7, 11) is 0. The molecule has 0 aliphatic heterocycles. The van der Waals surface area contributed by atoms with Crippen LogP contribution in [-0.2, 0) is 18.7 Å². The van der Waals surface area contributed by atoms with Crippen molar-refractivity contribution in [2.24, 2.45) is 0 Å². The van der Waals surface area contributed by atoms with Gasteiger partial charge < -0.3 is 8.94 Å². The zero-order valence-electron chi connectivity index (χ0n) is 15.1. The van der Waals surface area contributed by atoms with Gasteiger partial charge in [-0.25, -0.2) is 0 Å². The molecular formula is C19H19N5O2S. The normalized spacial score (nSPS) is 11.2. The molecule has 0 N–H and O–H groups in total. The maximum atomic E-state index is 5.43. The summed E-state index contributed by atoms with van der Waals surface area (Å²) in [6.07, 6.45) is 2.64. The molecule has 0 saturated carbocycles. The van der Waals surface area contributed by atoms with Crippen LogP contribution >= 0.6 is 11.8 Å². The van der Waals surface area contributed by atoms with Gasteiger partial charge in [0.05, 0.1) is 12.0 Å². The van der Waals surface area contributed by atoms with Gasteiger partial charge in [0.25, 0.3) is 0 Å². The van der Waals surface area contributed by atoms with Crippen molar-refractivity contribution in [3.8, 4) is 23.0 Å². The quantitative estimate of drug-likeness (QED) is 0.437. The lowest BCUT2D eigenvalue weighted by Gasteiger charge is -2.04. The number of nitrogens with zero attached hydrogens (tertiary/aromatic N) is 5. The van der Waals surface area contributed by atoms with Gasteiger partial charge in [0.2, 0.25) is 11.7 Å². The Balaban J connectivity index is 1.47. The molecule has 0 spiro atoms. The first kappa shape index (κ1) is 17.5. The van der Waals surface area contributed by atoms with Crippen LogP contribution < -0.4 is 0 Å². The maximum Gasteiger partial charge on any atom is 0.237 e. The van der Waals surface area contributed by atoms with Crippen LogP contribution in [0, 0.1) is 0 Å². The predicted molar refractivity (Wildman–Crippen MR) is 102 cm³/mol. The standard InChI is InChI=1S/C19H19N5O2S/c1-3-13-7-9-14(10-8-13)17-20-16(26-23-17)12-27-19-22-21-18(24(19)4-2)15-6-5-11-25-15/h5-11H,3-4,12H2,1-2H3. The summed E-state index contributed by atoms with van der Waals surface area (Å²) >= 11 is 1.51. The van der Waals surface area contributed by atoms with E-state index in [1.54, 1.807) is 6.26 Å². The van der Waals surface area contributed by atoms with Gasteiger partial charge in [-0.3, -0.25) is 4.57 Å². The topological polar surface area (TPSA) is 82.8 Å². The average molecular weight is 381 g/mol. The highest BCUT2D eigenvalue weighted by Crippen LogP contribution is 2.27. The van der Waals surface area contributed by atoms with E-state index < -0.39 is 0 Å². The lowest BCUT2D eigenvalue weighted by atomic mass is 10.1. The van der Waals surface area contributed by atoms with Crippen molar-refractivity contribution < 1.29 is 8.94 Å². The molecule has 8 heteroatoms. The molecule has 4 aromatic rings. The van der Waals surface area contributed by atoms with Crippen LogP contribution in [0.25, 0.3) is 23.0 Å². The molecule has 0 radical (unpaired) electrons. The highest BCUT2D eigenvalue weighted by Gasteiger charge is 2.16. The van der Waals surface area contributed by atoms with Crippen LogP contribution in [0.2, 0.25) is 0 Å². The fourth-order valence-corrected chi connectivity index (χ4v) is 3.55. The predicted octanol–water partition coefficient (Wildman–Crippen LogP) is 4.46. The summed E-state index contributed by atoms with van der Waals surface area (Å²) < 4.78 is 12.8. The molecule has 3 aromatic heterocycles. The minimum absolute atomic E-state index is 0.524. The number of aromatic nitrogens is 5. The first-order chi connectivity index (χ1) is 13.3. The lowest BCUT2D eigenvalue weighted by Crippen LogP contribution is -1.99. The van der Waals surface area contributed by atoms with Crippen LogP contribution in [0.3, 0.4) is 0 Å². The van der Waals surface area contributed by atoms with Crippen LogP contribution in [0.5, 0.6) is 0 Å². The molecule has 0 saturated heterocycles. The SMILES string of the molecule is CCc1ccc(-c2noc(CSc3nnc(-c4ccco4)n3CC)n2)cc1. The van der Waals surface area contributed by atoms with Crippen molar-refractivity contribution in [2.45, 2.75) is 37.7 Å². The third kappa shape index (κ3) is 3.66. The van der Waals surface area contributed by atoms with Crippen LogP contribution in [-0.4, -0.2) is 24.9 Å². The Bertz CT molecular complexity index is 1010. The zero-order chi connectivity index (χ0) is 18.6. The van der Waals surface area contributed by atoms with Gasteiger partial charge in [-0.1, -0.05) is 48.1 Å². The summed E-state index contributed by atoms with van der Waals surface area (Å²) in [6, 6.07) is 11.9. The van der Waals surface area contributed by atoms with E-state index in [4.69, 9.17) is 8.94 Å². The summed E-state index contributed by atoms with van der Waals surface area (Å²) in [6.45, 7) is 4.92. The summed E-state index contributed by atoms with van der Waals surface area (Å²) in [5, 5.41) is 13.4. The minimum Gasteiger partial charge on any atom is -0.461 e. The molecule has 27 heavy (non-hydrogen) atoms. The second-order valence-corrected chi connectivity index (χ2v) is 6.82. The van der Waals surface area contributed by atoms with Gasteiger partial charge in [0, 0.05) is 12.1 Å². The third-order valence-corrected chi connectivity index (χ3v) is 5.14. The third-order valence-electron chi connectivity index (χ3n) is 4.19. The Morgan fingerprint density at radius 3 is 2.63 bits per heavy atom. The fraction of sp³-hybridized carbons (Fsp3) is 0.263. The fourth-order valence-electron chi connectivity index (χ4n) is 2.72. The van der Waals surface area contributed by atoms with E-state index in [-0.39, 0.29) is 0 Å². The summed E-state index contributed by atoms with van der Waals surface area (Å²) in [5.74, 6) is 3.09. The van der Waals surface area contributed by atoms with Gasteiger partial charge in [-0.2, -0.15) is 4.98 Å². The summed E-state index contributed by atoms with van der Waals surface area (Å²) in [5.41, 5.74) is 2.23. The average Bonchev–Trinajstić information content (AvgIpc) is 3.46. The van der Waals surface area contributed by atoms with Crippen molar-refractivity contribution in [1.29, 1.82) is 0 Å². The molecule has 1 aromatic carbocycles. The van der Waals surface area contributed by atoms with Crippen molar-refractivity contribution in [2.75, 3.05) is 0 Å². The number of hydrogen-bond acceptors (Lipinski definition) is 7. The Hall–Kier alpha value is -2.87. The van der Waals surface area contributed by atoms with Gasteiger partial charge in [0.1, 0.15) is 0 Å². The van der Waals surface area contributed by atoms with E-state index in [1.165, 1.54) is 17.3 Å². The Morgan fingerprint density at radius 2 is 1.93 bits per heavy atom. The number of rotatable bonds is 7. The Kier molecular flexibility index (Phi) is 5.06. The van der Waals surface area contributed by atoms with E-state index in [2.05, 4.69) is 39.4 Å². The summed E-state index contributed by atoms with van der Waals surface area (Å²) in [4.78, 5) is 4.49. The van der Waals surface area contributed by atoms with Crippen LogP contribution in [0.1, 0.15) is 25.3 Å². The van der Waals surface area contributed by atoms with Gasteiger partial charge in [-0.05, 0) is 31.0 Å². The van der Waals surface area contributed by atoms with Crippen molar-refractivity contribution in [3.63, 3.8) is 0 Å². The number of aryl methyl sites for hydroxylation is 1. The van der Waals surface area contributed by atoms with Crippen molar-refractivity contribution >= 4 is 11.8 Å². The van der Waals surface area contributed by atoms with Crippen LogP contribution in [0.4, 0.5) is 0 Å².